The van der Waals surface area contributed by atoms with Crippen molar-refractivity contribution < 1.29 is 29.5 Å². The van der Waals surface area contributed by atoms with Crippen LogP contribution in [0.5, 0.6) is 0 Å². The lowest BCUT2D eigenvalue weighted by Crippen LogP contribution is -2.10. The molecule has 0 saturated carbocycles. The third-order valence-corrected chi connectivity index (χ3v) is 1.55. The molecule has 0 spiro atoms. The Kier molecular flexibility index (Phi) is 21.3. The van der Waals surface area contributed by atoms with Gasteiger partial charge in [-0.3, -0.25) is 0 Å². The molecular weight excluding hydrogens is 240 g/mol. The topological polar surface area (TPSA) is 88.4 Å². The Morgan fingerprint density at radius 3 is 1.67 bits per heavy atom. The van der Waals surface area contributed by atoms with E-state index in [1.807, 2.05) is 6.92 Å². The molecule has 6 heteroatoms. The first-order valence-corrected chi connectivity index (χ1v) is 6.32. The van der Waals surface area contributed by atoms with Crippen molar-refractivity contribution in [1.29, 1.82) is 0 Å². The first kappa shape index (κ1) is 20.1. The second-order valence-electron chi connectivity index (χ2n) is 3.60. The zero-order chi connectivity index (χ0) is 14.1. The lowest BCUT2D eigenvalue weighted by molar-refractivity contribution is 0.0222. The van der Waals surface area contributed by atoms with Gasteiger partial charge in [-0.15, -0.1) is 0 Å². The van der Waals surface area contributed by atoms with Crippen molar-refractivity contribution in [1.82, 2.24) is 0 Å². The summed E-state index contributed by atoms with van der Waals surface area (Å²) in [5, 5.41) is 25.2. The normalized spacial score (nSPS) is 11.8. The van der Waals surface area contributed by atoms with Crippen LogP contribution in [-0.4, -0.2) is 74.3 Å². The standard InChI is InChI=1S/C6H14O4.C6H14O2/c7-1-3-9-5-6-10-4-2-8;1-3-4-8-5-6(2)7/h7-8H,1-6H2;6-7H,3-5H2,1-2H3. The first-order chi connectivity index (χ1) is 8.68. The van der Waals surface area contributed by atoms with Crippen LogP contribution in [-0.2, 0) is 14.2 Å². The number of ether oxygens (including phenoxy) is 3. The van der Waals surface area contributed by atoms with Crippen LogP contribution in [0.2, 0.25) is 0 Å². The van der Waals surface area contributed by atoms with E-state index >= 15 is 0 Å². The summed E-state index contributed by atoms with van der Waals surface area (Å²) < 4.78 is 14.7. The van der Waals surface area contributed by atoms with E-state index < -0.39 is 0 Å². The summed E-state index contributed by atoms with van der Waals surface area (Å²) in [6.45, 7) is 6.71. The van der Waals surface area contributed by atoms with Gasteiger partial charge in [0.2, 0.25) is 0 Å². The van der Waals surface area contributed by atoms with E-state index in [1.165, 1.54) is 0 Å². The van der Waals surface area contributed by atoms with Gasteiger partial charge in [0.1, 0.15) is 0 Å². The van der Waals surface area contributed by atoms with Crippen LogP contribution in [0, 0.1) is 0 Å². The van der Waals surface area contributed by atoms with Crippen LogP contribution < -0.4 is 0 Å². The monoisotopic (exact) mass is 268 g/mol. The molecule has 0 saturated heterocycles. The predicted molar refractivity (Wildman–Crippen MR) is 68.6 cm³/mol. The third-order valence-electron chi connectivity index (χ3n) is 1.55. The molecule has 0 bridgehead atoms. The molecule has 3 N–H and O–H groups in total. The molecule has 1 atom stereocenters. The molecule has 1 unspecified atom stereocenters. The van der Waals surface area contributed by atoms with Gasteiger partial charge >= 0.3 is 0 Å². The molecular formula is C12H28O6. The molecule has 112 valence electrons. The second kappa shape index (κ2) is 19.1. The van der Waals surface area contributed by atoms with Crippen molar-refractivity contribution in [2.75, 3.05) is 52.9 Å². The predicted octanol–water partition coefficient (Wildman–Crippen LogP) is -0.202. The molecule has 0 fully saturated rings. The average molecular weight is 268 g/mol. The largest absolute Gasteiger partial charge is 0.394 e. The minimum atomic E-state index is -0.318. The molecule has 0 aliphatic heterocycles. The van der Waals surface area contributed by atoms with E-state index in [-0.39, 0.29) is 19.3 Å². The zero-order valence-corrected chi connectivity index (χ0v) is 11.5. The van der Waals surface area contributed by atoms with Gasteiger partial charge < -0.3 is 29.5 Å². The Bertz CT molecular complexity index is 124. The SMILES string of the molecule is CCCOCC(C)O.OCCOCCOCCO. The average Bonchev–Trinajstić information content (AvgIpc) is 2.34. The number of aliphatic hydroxyl groups excluding tert-OH is 3. The third kappa shape index (κ3) is 24.8. The molecule has 18 heavy (non-hydrogen) atoms. The summed E-state index contributed by atoms with van der Waals surface area (Å²) in [7, 11) is 0. The van der Waals surface area contributed by atoms with Crippen molar-refractivity contribution >= 4 is 0 Å². The Hall–Kier alpha value is -0.240. The molecule has 0 heterocycles. The molecule has 0 aliphatic carbocycles. The maximum absolute atomic E-state index is 8.65. The van der Waals surface area contributed by atoms with Crippen molar-refractivity contribution in [2.45, 2.75) is 26.4 Å². The lowest BCUT2D eigenvalue weighted by Gasteiger charge is -2.02. The second-order valence-corrected chi connectivity index (χ2v) is 3.60. The number of hydrogen-bond donors (Lipinski definition) is 3. The lowest BCUT2D eigenvalue weighted by atomic mass is 10.4. The number of hydrogen-bond acceptors (Lipinski definition) is 6. The Morgan fingerprint density at radius 2 is 1.33 bits per heavy atom. The maximum Gasteiger partial charge on any atom is 0.0745 e. The minimum Gasteiger partial charge on any atom is -0.394 e. The van der Waals surface area contributed by atoms with E-state index in [1.54, 1.807) is 6.92 Å². The minimum absolute atomic E-state index is 0.0417. The molecule has 0 aliphatic rings. The first-order valence-electron chi connectivity index (χ1n) is 6.32. The molecule has 0 radical (unpaired) electrons. The fourth-order valence-electron chi connectivity index (χ4n) is 0.849. The van der Waals surface area contributed by atoms with E-state index in [9.17, 15) is 0 Å². The van der Waals surface area contributed by atoms with Gasteiger partial charge in [0, 0.05) is 6.61 Å². The van der Waals surface area contributed by atoms with Gasteiger partial charge in [0.25, 0.3) is 0 Å². The summed E-state index contributed by atoms with van der Waals surface area (Å²) in [4.78, 5) is 0. The van der Waals surface area contributed by atoms with Crippen LogP contribution in [0.4, 0.5) is 0 Å². The van der Waals surface area contributed by atoms with E-state index in [2.05, 4.69) is 0 Å². The molecule has 0 amide bonds. The highest BCUT2D eigenvalue weighted by Gasteiger charge is 1.91. The smallest absolute Gasteiger partial charge is 0.0745 e. The van der Waals surface area contributed by atoms with E-state index in [4.69, 9.17) is 29.5 Å². The van der Waals surface area contributed by atoms with Crippen molar-refractivity contribution in [3.63, 3.8) is 0 Å². The van der Waals surface area contributed by atoms with Crippen LogP contribution >= 0.6 is 0 Å². The highest BCUT2D eigenvalue weighted by atomic mass is 16.5. The van der Waals surface area contributed by atoms with Crippen molar-refractivity contribution in [3.05, 3.63) is 0 Å². The summed E-state index contributed by atoms with van der Waals surface area (Å²) in [6.07, 6.45) is 0.703. The Morgan fingerprint density at radius 1 is 0.833 bits per heavy atom. The maximum atomic E-state index is 8.65. The quantitative estimate of drug-likeness (QED) is 0.450. The van der Waals surface area contributed by atoms with Crippen LogP contribution in [0.1, 0.15) is 20.3 Å². The summed E-state index contributed by atoms with van der Waals surface area (Å²) in [6, 6.07) is 0. The number of aliphatic hydroxyl groups is 3. The van der Waals surface area contributed by atoms with Crippen LogP contribution in [0.15, 0.2) is 0 Å². The fourth-order valence-corrected chi connectivity index (χ4v) is 0.849. The summed E-state index contributed by atoms with van der Waals surface area (Å²) in [5.41, 5.74) is 0. The Balaban J connectivity index is 0. The van der Waals surface area contributed by atoms with Crippen molar-refractivity contribution in [3.8, 4) is 0 Å². The van der Waals surface area contributed by atoms with E-state index in [0.29, 0.717) is 33.0 Å². The van der Waals surface area contributed by atoms with Crippen LogP contribution in [0.25, 0.3) is 0 Å². The van der Waals surface area contributed by atoms with Crippen molar-refractivity contribution in [2.24, 2.45) is 0 Å². The Labute approximate surface area is 109 Å². The van der Waals surface area contributed by atoms with Gasteiger partial charge in [-0.1, -0.05) is 6.92 Å². The molecule has 0 aromatic carbocycles. The van der Waals surface area contributed by atoms with Gasteiger partial charge in [0.05, 0.1) is 52.4 Å². The van der Waals surface area contributed by atoms with Gasteiger partial charge in [-0.05, 0) is 13.3 Å². The van der Waals surface area contributed by atoms with Gasteiger partial charge in [0.15, 0.2) is 0 Å². The summed E-state index contributed by atoms with van der Waals surface area (Å²) >= 11 is 0. The molecule has 6 nitrogen and oxygen atoms in total. The van der Waals surface area contributed by atoms with E-state index in [0.717, 1.165) is 13.0 Å². The van der Waals surface area contributed by atoms with Gasteiger partial charge in [-0.2, -0.15) is 0 Å². The fraction of sp³-hybridized carbons (Fsp3) is 1.00. The molecule has 0 rings (SSSR count). The molecule has 0 aromatic rings. The summed E-state index contributed by atoms with van der Waals surface area (Å²) in [5.74, 6) is 0. The number of rotatable bonds is 11. The van der Waals surface area contributed by atoms with Crippen LogP contribution in [0.3, 0.4) is 0 Å². The highest BCUT2D eigenvalue weighted by Crippen LogP contribution is 1.83. The molecule has 0 aromatic heterocycles. The zero-order valence-electron chi connectivity index (χ0n) is 11.5. The highest BCUT2D eigenvalue weighted by molar-refractivity contribution is 4.39. The van der Waals surface area contributed by atoms with Gasteiger partial charge in [-0.25, -0.2) is 0 Å².